The molecule has 0 amide bonds. The molecule has 0 fully saturated rings. The Morgan fingerprint density at radius 1 is 1.18 bits per heavy atom. The number of aromatic nitrogens is 1. The summed E-state index contributed by atoms with van der Waals surface area (Å²) in [6.07, 6.45) is 11.6. The second kappa shape index (κ2) is 9.43. The molecule has 0 saturated heterocycles. The predicted octanol–water partition coefficient (Wildman–Crippen LogP) is 7.08. The molecule has 2 N–H and O–H groups in total. The van der Waals surface area contributed by atoms with Crippen molar-refractivity contribution in [1.82, 2.24) is 10.3 Å². The summed E-state index contributed by atoms with van der Waals surface area (Å²) in [5.74, 6) is 0.586. The van der Waals surface area contributed by atoms with Crippen molar-refractivity contribution in [2.24, 2.45) is 0 Å². The van der Waals surface area contributed by atoms with Crippen LogP contribution in [0.1, 0.15) is 76.1 Å². The number of nitrogens with one attached hydrogen (secondary N) is 2. The SMILES string of the molecule is CCC(C)=CC(=CC=C(C)C)CCC1CCNCc2c1[nH]c1ccc(C)cc21. The Balaban J connectivity index is 1.86. The summed E-state index contributed by atoms with van der Waals surface area (Å²) in [6.45, 7) is 13.1. The van der Waals surface area contributed by atoms with Crippen LogP contribution in [0.25, 0.3) is 10.9 Å². The molecule has 1 aromatic heterocycles. The first-order valence-corrected chi connectivity index (χ1v) is 10.8. The number of benzene rings is 1. The molecule has 2 aromatic rings. The van der Waals surface area contributed by atoms with Gasteiger partial charge in [0.1, 0.15) is 0 Å². The van der Waals surface area contributed by atoms with E-state index in [4.69, 9.17) is 0 Å². The zero-order valence-electron chi connectivity index (χ0n) is 18.3. The second-order valence-corrected chi connectivity index (χ2v) is 8.60. The Morgan fingerprint density at radius 3 is 2.75 bits per heavy atom. The van der Waals surface area contributed by atoms with Gasteiger partial charge in [-0.25, -0.2) is 0 Å². The lowest BCUT2D eigenvalue weighted by molar-refractivity contribution is 0.556. The summed E-state index contributed by atoms with van der Waals surface area (Å²) in [7, 11) is 0. The summed E-state index contributed by atoms with van der Waals surface area (Å²) in [5.41, 5.74) is 9.82. The lowest BCUT2D eigenvalue weighted by Gasteiger charge is -2.15. The minimum absolute atomic E-state index is 0.586. The number of rotatable bonds is 6. The van der Waals surface area contributed by atoms with Gasteiger partial charge in [0.15, 0.2) is 0 Å². The number of hydrogen-bond donors (Lipinski definition) is 2. The van der Waals surface area contributed by atoms with E-state index in [2.05, 4.69) is 81.3 Å². The van der Waals surface area contributed by atoms with E-state index >= 15 is 0 Å². The van der Waals surface area contributed by atoms with E-state index in [0.29, 0.717) is 5.92 Å². The maximum absolute atomic E-state index is 3.77. The molecule has 1 atom stereocenters. The van der Waals surface area contributed by atoms with Crippen LogP contribution < -0.4 is 5.32 Å². The van der Waals surface area contributed by atoms with Gasteiger partial charge in [-0.05, 0) is 83.2 Å². The van der Waals surface area contributed by atoms with Gasteiger partial charge in [0, 0.05) is 29.1 Å². The van der Waals surface area contributed by atoms with Gasteiger partial charge in [-0.3, -0.25) is 0 Å². The van der Waals surface area contributed by atoms with Crippen molar-refractivity contribution in [1.29, 1.82) is 0 Å². The van der Waals surface area contributed by atoms with Crippen LogP contribution in [0, 0.1) is 6.92 Å². The number of aryl methyl sites for hydroxylation is 1. The minimum atomic E-state index is 0.586. The highest BCUT2D eigenvalue weighted by Crippen LogP contribution is 2.35. The van der Waals surface area contributed by atoms with Crippen LogP contribution in [0.15, 0.2) is 53.1 Å². The highest BCUT2D eigenvalue weighted by Gasteiger charge is 2.22. The summed E-state index contributed by atoms with van der Waals surface area (Å²) >= 11 is 0. The first-order chi connectivity index (χ1) is 13.5. The standard InChI is InChI=1S/C26H36N2/c1-6-19(4)15-21(9-7-18(2)3)10-11-22-13-14-27-17-24-23-16-20(5)8-12-25(23)28-26(22)24/h7-9,12,15-16,22,27-28H,6,10-11,13-14,17H2,1-5H3. The third-order valence-electron chi connectivity index (χ3n) is 5.88. The Bertz CT molecular complexity index is 904. The fraction of sp³-hybridized carbons (Fsp3) is 0.462. The topological polar surface area (TPSA) is 27.8 Å². The highest BCUT2D eigenvalue weighted by molar-refractivity contribution is 5.85. The average Bonchev–Trinajstić information content (AvgIpc) is 2.89. The van der Waals surface area contributed by atoms with Crippen LogP contribution in [0.4, 0.5) is 0 Å². The molecule has 0 radical (unpaired) electrons. The predicted molar refractivity (Wildman–Crippen MR) is 123 cm³/mol. The lowest BCUT2D eigenvalue weighted by atomic mass is 9.91. The fourth-order valence-electron chi connectivity index (χ4n) is 4.08. The van der Waals surface area contributed by atoms with Crippen molar-refractivity contribution in [2.45, 2.75) is 72.8 Å². The summed E-state index contributed by atoms with van der Waals surface area (Å²) in [4.78, 5) is 3.77. The number of fused-ring (bicyclic) bond motifs is 3. The van der Waals surface area contributed by atoms with E-state index in [0.717, 1.165) is 25.9 Å². The molecule has 2 heteroatoms. The molecule has 0 bridgehead atoms. The Labute approximate surface area is 170 Å². The van der Waals surface area contributed by atoms with Crippen molar-refractivity contribution < 1.29 is 0 Å². The molecular weight excluding hydrogens is 340 g/mol. The number of allylic oxidation sites excluding steroid dienone is 6. The maximum Gasteiger partial charge on any atom is 0.0459 e. The number of aromatic amines is 1. The normalized spacial score (nSPS) is 18.1. The fourth-order valence-corrected chi connectivity index (χ4v) is 4.08. The highest BCUT2D eigenvalue weighted by atomic mass is 14.9. The summed E-state index contributed by atoms with van der Waals surface area (Å²) in [6, 6.07) is 6.78. The lowest BCUT2D eigenvalue weighted by Crippen LogP contribution is -2.12. The van der Waals surface area contributed by atoms with E-state index in [9.17, 15) is 0 Å². The average molecular weight is 377 g/mol. The smallest absolute Gasteiger partial charge is 0.0459 e. The monoisotopic (exact) mass is 376 g/mol. The van der Waals surface area contributed by atoms with E-state index in [1.807, 2.05) is 0 Å². The molecule has 2 heterocycles. The molecule has 2 nitrogen and oxygen atoms in total. The van der Waals surface area contributed by atoms with Gasteiger partial charge >= 0.3 is 0 Å². The second-order valence-electron chi connectivity index (χ2n) is 8.60. The Kier molecular flexibility index (Phi) is 6.96. The van der Waals surface area contributed by atoms with Gasteiger partial charge in [-0.15, -0.1) is 0 Å². The molecule has 0 saturated carbocycles. The summed E-state index contributed by atoms with van der Waals surface area (Å²) in [5, 5.41) is 5.04. The summed E-state index contributed by atoms with van der Waals surface area (Å²) < 4.78 is 0. The van der Waals surface area contributed by atoms with Crippen molar-refractivity contribution >= 4 is 10.9 Å². The molecule has 3 rings (SSSR count). The van der Waals surface area contributed by atoms with E-state index in [1.165, 1.54) is 57.3 Å². The Morgan fingerprint density at radius 2 is 2.00 bits per heavy atom. The molecule has 1 aliphatic rings. The third kappa shape index (κ3) is 5.05. The zero-order chi connectivity index (χ0) is 20.1. The van der Waals surface area contributed by atoms with E-state index in [1.54, 1.807) is 0 Å². The third-order valence-corrected chi connectivity index (χ3v) is 5.88. The molecule has 0 aliphatic carbocycles. The molecule has 1 unspecified atom stereocenters. The van der Waals surface area contributed by atoms with E-state index in [-0.39, 0.29) is 0 Å². The maximum atomic E-state index is 3.77. The first kappa shape index (κ1) is 20.7. The van der Waals surface area contributed by atoms with Gasteiger partial charge in [-0.1, -0.05) is 47.9 Å². The van der Waals surface area contributed by atoms with Gasteiger partial charge in [-0.2, -0.15) is 0 Å². The van der Waals surface area contributed by atoms with Crippen molar-refractivity contribution in [3.8, 4) is 0 Å². The molecule has 150 valence electrons. The van der Waals surface area contributed by atoms with Crippen LogP contribution >= 0.6 is 0 Å². The minimum Gasteiger partial charge on any atom is -0.358 e. The molecule has 1 aliphatic heterocycles. The van der Waals surface area contributed by atoms with Crippen LogP contribution in [-0.4, -0.2) is 11.5 Å². The van der Waals surface area contributed by atoms with Crippen LogP contribution in [0.3, 0.4) is 0 Å². The van der Waals surface area contributed by atoms with Crippen molar-refractivity contribution in [3.05, 3.63) is 70.0 Å². The molecular formula is C26H36N2. The first-order valence-electron chi connectivity index (χ1n) is 10.8. The largest absolute Gasteiger partial charge is 0.358 e. The zero-order valence-corrected chi connectivity index (χ0v) is 18.3. The van der Waals surface area contributed by atoms with Gasteiger partial charge in [0.05, 0.1) is 0 Å². The van der Waals surface area contributed by atoms with Gasteiger partial charge in [0.2, 0.25) is 0 Å². The quantitative estimate of drug-likeness (QED) is 0.518. The van der Waals surface area contributed by atoms with Crippen molar-refractivity contribution in [3.63, 3.8) is 0 Å². The van der Waals surface area contributed by atoms with Crippen LogP contribution in [0.2, 0.25) is 0 Å². The van der Waals surface area contributed by atoms with Crippen LogP contribution in [0.5, 0.6) is 0 Å². The molecule has 0 spiro atoms. The van der Waals surface area contributed by atoms with Gasteiger partial charge < -0.3 is 10.3 Å². The number of H-pyrrole nitrogens is 1. The molecule has 28 heavy (non-hydrogen) atoms. The van der Waals surface area contributed by atoms with E-state index < -0.39 is 0 Å². The van der Waals surface area contributed by atoms with Crippen molar-refractivity contribution in [2.75, 3.05) is 6.54 Å². The Hall–Kier alpha value is -2.06. The van der Waals surface area contributed by atoms with Gasteiger partial charge in [0.25, 0.3) is 0 Å². The van der Waals surface area contributed by atoms with Crippen LogP contribution in [-0.2, 0) is 6.54 Å². The molecule has 1 aromatic carbocycles. The number of hydrogen-bond acceptors (Lipinski definition) is 1.